The highest BCUT2D eigenvalue weighted by molar-refractivity contribution is 6.01. The van der Waals surface area contributed by atoms with Crippen molar-refractivity contribution in [3.05, 3.63) is 65.9 Å². The van der Waals surface area contributed by atoms with Crippen LogP contribution in [0.1, 0.15) is 37.4 Å². The lowest BCUT2D eigenvalue weighted by Gasteiger charge is -2.31. The molecule has 0 aliphatic carbocycles. The van der Waals surface area contributed by atoms with Crippen LogP contribution in [-0.2, 0) is 16.2 Å². The topological polar surface area (TPSA) is 132 Å². The molecule has 2 heterocycles. The van der Waals surface area contributed by atoms with Gasteiger partial charge in [-0.05, 0) is 56.2 Å². The number of nitrogens with one attached hydrogen (secondary N) is 1. The highest BCUT2D eigenvalue weighted by Gasteiger charge is 2.45. The van der Waals surface area contributed by atoms with Crippen LogP contribution < -0.4 is 15.1 Å². The van der Waals surface area contributed by atoms with Crippen LogP contribution in [-0.4, -0.2) is 57.2 Å². The maximum absolute atomic E-state index is 13.3. The van der Waals surface area contributed by atoms with Gasteiger partial charge in [-0.15, -0.1) is 0 Å². The number of ether oxygens (including phenoxy) is 1. The summed E-state index contributed by atoms with van der Waals surface area (Å²) in [5.41, 5.74) is 5.00. The summed E-state index contributed by atoms with van der Waals surface area (Å²) >= 11 is 0. The van der Waals surface area contributed by atoms with Gasteiger partial charge in [-0.3, -0.25) is 24.7 Å². The van der Waals surface area contributed by atoms with Crippen molar-refractivity contribution < 1.29 is 29.4 Å². The molecule has 0 saturated carbocycles. The van der Waals surface area contributed by atoms with E-state index in [-0.39, 0.29) is 18.9 Å². The number of aromatic nitrogens is 1. The van der Waals surface area contributed by atoms with Gasteiger partial charge in [0.25, 0.3) is 5.91 Å². The molecule has 0 unspecified atom stereocenters. The van der Waals surface area contributed by atoms with E-state index in [0.29, 0.717) is 37.4 Å². The molecule has 3 aromatic rings. The summed E-state index contributed by atoms with van der Waals surface area (Å²) in [5, 5.41) is 20.0. The van der Waals surface area contributed by atoms with Crippen molar-refractivity contribution >= 4 is 34.5 Å². The number of aryl methyl sites for hydroxylation is 1. The number of benzene rings is 2. The molecule has 4 rings (SSSR count). The van der Waals surface area contributed by atoms with Crippen LogP contribution in [0.15, 0.2) is 54.6 Å². The zero-order valence-electron chi connectivity index (χ0n) is 21.5. The number of hydrogen-bond acceptors (Lipinski definition) is 6. The molecule has 1 aliphatic heterocycles. The third kappa shape index (κ3) is 5.70. The van der Waals surface area contributed by atoms with Crippen LogP contribution in [0.5, 0.6) is 5.75 Å². The Morgan fingerprint density at radius 2 is 1.95 bits per heavy atom. The van der Waals surface area contributed by atoms with Crippen molar-refractivity contribution in [1.82, 2.24) is 15.4 Å². The zero-order valence-corrected chi connectivity index (χ0v) is 21.5. The number of carbonyl (C=O) groups excluding carboxylic acids is 2. The van der Waals surface area contributed by atoms with Gasteiger partial charge in [0.2, 0.25) is 5.91 Å². The molecule has 10 heteroatoms. The third-order valence-electron chi connectivity index (χ3n) is 6.81. The first kappa shape index (κ1) is 26.9. The Kier molecular flexibility index (Phi) is 8.42. The number of carbonyl (C=O) groups is 3. The smallest absolute Gasteiger partial charge is 0.408 e. The zero-order chi connectivity index (χ0) is 27.2. The SMILES string of the molecule is CCCCN(C(=O)O)[C@H](C(=O)NO)[C@H]1CCN(c2ccc(OCc3cc(C)nc4ccccc34)cc2)C1=O. The Labute approximate surface area is 220 Å². The van der Waals surface area contributed by atoms with E-state index in [1.54, 1.807) is 29.7 Å². The molecule has 3 N–H and O–H groups in total. The molecule has 1 aliphatic rings. The van der Waals surface area contributed by atoms with E-state index in [0.717, 1.165) is 27.1 Å². The Bertz CT molecular complexity index is 1310. The predicted octanol–water partition coefficient (Wildman–Crippen LogP) is 4.13. The molecule has 2 atom stereocenters. The van der Waals surface area contributed by atoms with E-state index in [1.165, 1.54) is 4.90 Å². The normalized spacial score (nSPS) is 15.9. The average Bonchev–Trinajstić information content (AvgIpc) is 3.29. The highest BCUT2D eigenvalue weighted by Crippen LogP contribution is 2.31. The number of rotatable bonds is 10. The van der Waals surface area contributed by atoms with E-state index >= 15 is 0 Å². The summed E-state index contributed by atoms with van der Waals surface area (Å²) in [6.45, 7) is 4.61. The van der Waals surface area contributed by atoms with Crippen molar-refractivity contribution in [1.29, 1.82) is 0 Å². The van der Waals surface area contributed by atoms with E-state index in [2.05, 4.69) is 4.98 Å². The molecule has 3 amide bonds. The second-order valence-electron chi connectivity index (χ2n) is 9.36. The average molecular weight is 521 g/mol. The summed E-state index contributed by atoms with van der Waals surface area (Å²) in [5.74, 6) is -1.56. The highest BCUT2D eigenvalue weighted by atomic mass is 16.5. The predicted molar refractivity (Wildman–Crippen MR) is 141 cm³/mol. The second-order valence-corrected chi connectivity index (χ2v) is 9.36. The summed E-state index contributed by atoms with van der Waals surface area (Å²) in [6.07, 6.45) is 0.215. The molecule has 1 aromatic heterocycles. The number of anilines is 1. The first-order chi connectivity index (χ1) is 18.3. The minimum absolute atomic E-state index is 0.0893. The number of unbranched alkanes of at least 4 members (excludes halogenated alkanes) is 1. The van der Waals surface area contributed by atoms with Crippen molar-refractivity contribution in [2.45, 2.75) is 45.8 Å². The van der Waals surface area contributed by atoms with Gasteiger partial charge in [-0.2, -0.15) is 0 Å². The first-order valence-corrected chi connectivity index (χ1v) is 12.7. The Hall–Kier alpha value is -4.18. The van der Waals surface area contributed by atoms with Crippen molar-refractivity contribution in [2.75, 3.05) is 18.0 Å². The minimum Gasteiger partial charge on any atom is -0.489 e. The van der Waals surface area contributed by atoms with E-state index < -0.39 is 24.0 Å². The van der Waals surface area contributed by atoms with Crippen LogP contribution in [0.4, 0.5) is 10.5 Å². The number of amides is 3. The summed E-state index contributed by atoms with van der Waals surface area (Å²) < 4.78 is 6.02. The van der Waals surface area contributed by atoms with Crippen LogP contribution in [0.25, 0.3) is 10.9 Å². The molecule has 38 heavy (non-hydrogen) atoms. The summed E-state index contributed by atoms with van der Waals surface area (Å²) in [7, 11) is 0. The molecule has 200 valence electrons. The number of pyridine rings is 1. The number of para-hydroxylation sites is 1. The number of carboxylic acid groups (broad SMARTS) is 1. The lowest BCUT2D eigenvalue weighted by atomic mass is 9.95. The van der Waals surface area contributed by atoms with Gasteiger partial charge in [0.15, 0.2) is 0 Å². The summed E-state index contributed by atoms with van der Waals surface area (Å²) in [6, 6.07) is 15.6. The number of nitrogens with zero attached hydrogens (tertiary/aromatic N) is 3. The molecule has 1 saturated heterocycles. The standard InChI is InChI=1S/C28H32N4O6/c1-3-4-14-32(28(35)36)25(26(33)30-37)23-13-15-31(27(23)34)20-9-11-21(12-10-20)38-17-19-16-18(2)29-24-8-6-5-7-22(19)24/h5-12,16,23,25,37H,3-4,13-15,17H2,1-2H3,(H,30,33)(H,35,36)/t23-,25+/m1/s1. The fraction of sp³-hybridized carbons (Fsp3) is 0.357. The fourth-order valence-electron chi connectivity index (χ4n) is 4.94. The minimum atomic E-state index is -1.32. The maximum Gasteiger partial charge on any atom is 0.408 e. The molecule has 0 radical (unpaired) electrons. The van der Waals surface area contributed by atoms with Crippen LogP contribution >= 0.6 is 0 Å². The van der Waals surface area contributed by atoms with Crippen LogP contribution in [0.3, 0.4) is 0 Å². The van der Waals surface area contributed by atoms with Crippen LogP contribution in [0, 0.1) is 12.8 Å². The lowest BCUT2D eigenvalue weighted by Crippen LogP contribution is -2.54. The fourth-order valence-corrected chi connectivity index (χ4v) is 4.94. The first-order valence-electron chi connectivity index (χ1n) is 12.7. The second kappa shape index (κ2) is 11.9. The Balaban J connectivity index is 1.47. The van der Waals surface area contributed by atoms with Gasteiger partial charge in [0.05, 0.1) is 11.4 Å². The van der Waals surface area contributed by atoms with Crippen molar-refractivity contribution in [3.63, 3.8) is 0 Å². The largest absolute Gasteiger partial charge is 0.489 e. The van der Waals surface area contributed by atoms with Gasteiger partial charge >= 0.3 is 6.09 Å². The monoisotopic (exact) mass is 520 g/mol. The third-order valence-corrected chi connectivity index (χ3v) is 6.81. The van der Waals surface area contributed by atoms with Crippen LogP contribution in [0.2, 0.25) is 0 Å². The van der Waals surface area contributed by atoms with E-state index in [1.807, 2.05) is 44.2 Å². The number of fused-ring (bicyclic) bond motifs is 1. The maximum atomic E-state index is 13.3. The molecule has 0 spiro atoms. The van der Waals surface area contributed by atoms with E-state index in [9.17, 15) is 24.7 Å². The van der Waals surface area contributed by atoms with Gasteiger partial charge in [0.1, 0.15) is 18.4 Å². The molecular formula is C28H32N4O6. The molecule has 0 bridgehead atoms. The molecule has 2 aromatic carbocycles. The summed E-state index contributed by atoms with van der Waals surface area (Å²) in [4.78, 5) is 44.7. The molecular weight excluding hydrogens is 488 g/mol. The quantitative estimate of drug-likeness (QED) is 0.270. The Morgan fingerprint density at radius 1 is 1.21 bits per heavy atom. The van der Waals surface area contributed by atoms with Gasteiger partial charge in [-0.25, -0.2) is 10.3 Å². The molecule has 1 fully saturated rings. The molecule has 10 nitrogen and oxygen atoms in total. The lowest BCUT2D eigenvalue weighted by molar-refractivity contribution is -0.139. The van der Waals surface area contributed by atoms with Gasteiger partial charge in [0, 0.05) is 35.4 Å². The van der Waals surface area contributed by atoms with Crippen molar-refractivity contribution in [2.24, 2.45) is 5.92 Å². The van der Waals surface area contributed by atoms with Crippen molar-refractivity contribution in [3.8, 4) is 5.75 Å². The number of hydrogen-bond donors (Lipinski definition) is 3. The number of hydroxylamine groups is 1. The van der Waals surface area contributed by atoms with Gasteiger partial charge < -0.3 is 14.7 Å². The Morgan fingerprint density at radius 3 is 2.63 bits per heavy atom. The van der Waals surface area contributed by atoms with Gasteiger partial charge in [-0.1, -0.05) is 31.5 Å². The van der Waals surface area contributed by atoms with E-state index in [4.69, 9.17) is 4.74 Å².